The van der Waals surface area contributed by atoms with E-state index in [1.165, 1.54) is 0 Å². The highest BCUT2D eigenvalue weighted by Crippen LogP contribution is 2.31. The Balaban J connectivity index is 2.06. The minimum atomic E-state index is 0.525. The number of halogens is 1. The molecule has 84 valence electrons. The minimum absolute atomic E-state index is 0.525. The Morgan fingerprint density at radius 2 is 2.38 bits per heavy atom. The van der Waals surface area contributed by atoms with Crippen LogP contribution < -0.4 is 0 Å². The van der Waals surface area contributed by atoms with Crippen molar-refractivity contribution in [1.29, 1.82) is 0 Å². The van der Waals surface area contributed by atoms with Crippen LogP contribution in [0.2, 0.25) is 0 Å². The smallest absolute Gasteiger partial charge is 0.155 e. The summed E-state index contributed by atoms with van der Waals surface area (Å²) in [6, 6.07) is 0. The maximum absolute atomic E-state index is 5.52. The maximum atomic E-state index is 5.52. The van der Waals surface area contributed by atoms with E-state index < -0.39 is 0 Å². The average Bonchev–Trinajstić information content (AvgIpc) is 2.26. The molecule has 0 amide bonds. The zero-order valence-electron chi connectivity index (χ0n) is 9.13. The third kappa shape index (κ3) is 2.67. The molecule has 0 aromatic heterocycles. The van der Waals surface area contributed by atoms with Gasteiger partial charge in [-0.3, -0.25) is 0 Å². The van der Waals surface area contributed by atoms with Crippen LogP contribution in [0.25, 0.3) is 0 Å². The lowest BCUT2D eigenvalue weighted by Crippen LogP contribution is -2.05. The Kier molecular flexibility index (Phi) is 3.34. The first-order chi connectivity index (χ1) is 7.65. The molecule has 1 aliphatic carbocycles. The Morgan fingerprint density at radius 1 is 1.56 bits per heavy atom. The van der Waals surface area contributed by atoms with Gasteiger partial charge in [0.2, 0.25) is 0 Å². The van der Waals surface area contributed by atoms with Crippen molar-refractivity contribution in [3.05, 3.63) is 58.2 Å². The molecule has 2 aliphatic rings. The molecular formula is C13H13BrO2. The molecule has 0 radical (unpaired) electrons. The van der Waals surface area contributed by atoms with E-state index in [0.717, 1.165) is 33.6 Å². The fourth-order valence-electron chi connectivity index (χ4n) is 1.43. The summed E-state index contributed by atoms with van der Waals surface area (Å²) in [5, 5.41) is 0. The van der Waals surface area contributed by atoms with E-state index in [9.17, 15) is 0 Å². The molecule has 0 saturated heterocycles. The largest absolute Gasteiger partial charge is 0.486 e. The molecule has 0 aromatic rings. The SMILES string of the molecule is C=C(C)COC1=COC2=CC(Br)=CCC2=C1. The molecule has 0 N–H and O–H groups in total. The lowest BCUT2D eigenvalue weighted by Gasteiger charge is -2.19. The van der Waals surface area contributed by atoms with Crippen LogP contribution in [0, 0.1) is 0 Å². The molecule has 16 heavy (non-hydrogen) atoms. The van der Waals surface area contributed by atoms with Gasteiger partial charge in [-0.2, -0.15) is 0 Å². The van der Waals surface area contributed by atoms with Gasteiger partial charge in [0.05, 0.1) is 0 Å². The van der Waals surface area contributed by atoms with Gasteiger partial charge in [0.1, 0.15) is 18.6 Å². The second kappa shape index (κ2) is 4.74. The lowest BCUT2D eigenvalue weighted by molar-refractivity contribution is 0.223. The molecular weight excluding hydrogens is 268 g/mol. The fraction of sp³-hybridized carbons (Fsp3) is 0.231. The molecule has 0 fully saturated rings. The Labute approximate surface area is 104 Å². The molecule has 0 saturated carbocycles. The van der Waals surface area contributed by atoms with Crippen molar-refractivity contribution in [3.63, 3.8) is 0 Å². The number of fused-ring (bicyclic) bond motifs is 1. The van der Waals surface area contributed by atoms with Gasteiger partial charge in [-0.15, -0.1) is 0 Å². The van der Waals surface area contributed by atoms with Crippen LogP contribution in [-0.4, -0.2) is 6.61 Å². The summed E-state index contributed by atoms with van der Waals surface area (Å²) < 4.78 is 12.1. The molecule has 0 bridgehead atoms. The zero-order valence-corrected chi connectivity index (χ0v) is 10.7. The highest BCUT2D eigenvalue weighted by atomic mass is 79.9. The fourth-order valence-corrected chi connectivity index (χ4v) is 1.80. The third-order valence-electron chi connectivity index (χ3n) is 2.21. The summed E-state index contributed by atoms with van der Waals surface area (Å²) in [6.45, 7) is 6.25. The first-order valence-corrected chi connectivity index (χ1v) is 5.87. The highest BCUT2D eigenvalue weighted by molar-refractivity contribution is 9.11. The van der Waals surface area contributed by atoms with Crippen LogP contribution in [0.15, 0.2) is 58.2 Å². The molecule has 1 heterocycles. The van der Waals surface area contributed by atoms with E-state index in [2.05, 4.69) is 28.6 Å². The summed E-state index contributed by atoms with van der Waals surface area (Å²) >= 11 is 3.43. The molecule has 0 spiro atoms. The summed E-state index contributed by atoms with van der Waals surface area (Å²) in [5.74, 6) is 1.64. The van der Waals surface area contributed by atoms with Crippen molar-refractivity contribution in [1.82, 2.24) is 0 Å². The summed E-state index contributed by atoms with van der Waals surface area (Å²) in [7, 11) is 0. The van der Waals surface area contributed by atoms with E-state index in [0.29, 0.717) is 6.61 Å². The number of hydrogen-bond donors (Lipinski definition) is 0. The van der Waals surface area contributed by atoms with E-state index in [-0.39, 0.29) is 0 Å². The minimum Gasteiger partial charge on any atom is -0.486 e. The Bertz CT molecular complexity index is 439. The van der Waals surface area contributed by atoms with Crippen LogP contribution in [0.4, 0.5) is 0 Å². The predicted molar refractivity (Wildman–Crippen MR) is 67.7 cm³/mol. The standard InChI is InChI=1S/C13H13BrO2/c1-9(2)7-15-12-5-10-3-4-11(14)6-13(10)16-8-12/h4-6,8H,1,3,7H2,2H3. The number of rotatable bonds is 3. The first kappa shape index (κ1) is 11.3. The van der Waals surface area contributed by atoms with Crippen LogP contribution in [0.3, 0.4) is 0 Å². The van der Waals surface area contributed by atoms with Crippen LogP contribution in [0.5, 0.6) is 0 Å². The molecule has 1 aliphatic heterocycles. The van der Waals surface area contributed by atoms with Crippen molar-refractivity contribution < 1.29 is 9.47 Å². The van der Waals surface area contributed by atoms with E-state index in [4.69, 9.17) is 9.47 Å². The van der Waals surface area contributed by atoms with Gasteiger partial charge in [0, 0.05) is 10.1 Å². The van der Waals surface area contributed by atoms with Crippen LogP contribution in [0.1, 0.15) is 13.3 Å². The van der Waals surface area contributed by atoms with E-state index >= 15 is 0 Å². The molecule has 0 aromatic carbocycles. The van der Waals surface area contributed by atoms with Gasteiger partial charge in [-0.1, -0.05) is 28.6 Å². The summed E-state index contributed by atoms with van der Waals surface area (Å²) in [5.41, 5.74) is 2.13. The van der Waals surface area contributed by atoms with Crippen LogP contribution in [-0.2, 0) is 9.47 Å². The zero-order chi connectivity index (χ0) is 11.5. The number of ether oxygens (including phenoxy) is 2. The van der Waals surface area contributed by atoms with E-state index in [1.54, 1.807) is 6.26 Å². The number of hydrogen-bond acceptors (Lipinski definition) is 2. The number of allylic oxidation sites excluding steroid dienone is 5. The molecule has 0 unspecified atom stereocenters. The van der Waals surface area contributed by atoms with Gasteiger partial charge in [0.25, 0.3) is 0 Å². The lowest BCUT2D eigenvalue weighted by atomic mass is 10.0. The van der Waals surface area contributed by atoms with Crippen molar-refractivity contribution in [3.8, 4) is 0 Å². The first-order valence-electron chi connectivity index (χ1n) is 5.07. The van der Waals surface area contributed by atoms with Gasteiger partial charge in [-0.05, 0) is 31.1 Å². The Morgan fingerprint density at radius 3 is 3.12 bits per heavy atom. The van der Waals surface area contributed by atoms with Crippen LogP contribution >= 0.6 is 15.9 Å². The van der Waals surface area contributed by atoms with Crippen molar-refractivity contribution in [2.45, 2.75) is 13.3 Å². The van der Waals surface area contributed by atoms with Gasteiger partial charge >= 0.3 is 0 Å². The molecule has 0 atom stereocenters. The molecule has 2 nitrogen and oxygen atoms in total. The average molecular weight is 281 g/mol. The molecule has 3 heteroatoms. The van der Waals surface area contributed by atoms with E-state index in [1.807, 2.05) is 19.1 Å². The highest BCUT2D eigenvalue weighted by Gasteiger charge is 2.16. The maximum Gasteiger partial charge on any atom is 0.155 e. The monoisotopic (exact) mass is 280 g/mol. The van der Waals surface area contributed by atoms with Gasteiger partial charge in [-0.25, -0.2) is 0 Å². The second-order valence-corrected chi connectivity index (χ2v) is 4.77. The summed E-state index contributed by atoms with van der Waals surface area (Å²) in [6.07, 6.45) is 8.56. The van der Waals surface area contributed by atoms with Crippen molar-refractivity contribution in [2.24, 2.45) is 0 Å². The normalized spacial score (nSPS) is 18.4. The van der Waals surface area contributed by atoms with Crippen molar-refractivity contribution in [2.75, 3.05) is 6.61 Å². The van der Waals surface area contributed by atoms with Gasteiger partial charge in [0.15, 0.2) is 5.76 Å². The van der Waals surface area contributed by atoms with Gasteiger partial charge < -0.3 is 9.47 Å². The second-order valence-electron chi connectivity index (χ2n) is 3.86. The summed E-state index contributed by atoms with van der Waals surface area (Å²) in [4.78, 5) is 0. The predicted octanol–water partition coefficient (Wildman–Crippen LogP) is 3.94. The Hall–Kier alpha value is -1.22. The van der Waals surface area contributed by atoms with Crippen molar-refractivity contribution >= 4 is 15.9 Å². The quantitative estimate of drug-likeness (QED) is 0.729. The molecule has 2 rings (SSSR count). The topological polar surface area (TPSA) is 18.5 Å². The third-order valence-corrected chi connectivity index (χ3v) is 2.76.